The highest BCUT2D eigenvalue weighted by Gasteiger charge is 2.15. The van der Waals surface area contributed by atoms with Gasteiger partial charge in [0.1, 0.15) is 23.0 Å². The van der Waals surface area contributed by atoms with Crippen LogP contribution in [0.15, 0.2) is 68.5 Å². The zero-order valence-corrected chi connectivity index (χ0v) is 16.0. The fourth-order valence-corrected chi connectivity index (χ4v) is 2.68. The summed E-state index contributed by atoms with van der Waals surface area (Å²) >= 11 is 3.42. The van der Waals surface area contributed by atoms with Gasteiger partial charge in [-0.2, -0.15) is 0 Å². The Morgan fingerprint density at radius 3 is 2.40 bits per heavy atom. The van der Waals surface area contributed by atoms with Crippen LogP contribution < -0.4 is 0 Å². The van der Waals surface area contributed by atoms with Crippen molar-refractivity contribution in [2.24, 2.45) is 4.99 Å². The van der Waals surface area contributed by atoms with Crippen molar-refractivity contribution < 1.29 is 9.52 Å². The van der Waals surface area contributed by atoms with E-state index in [9.17, 15) is 5.11 Å². The maximum Gasteiger partial charge on any atom is 0.145 e. The minimum atomic E-state index is -0.00257. The van der Waals surface area contributed by atoms with E-state index in [0.29, 0.717) is 11.4 Å². The molecular weight excluding hydrogens is 378 g/mol. The summed E-state index contributed by atoms with van der Waals surface area (Å²) in [6, 6.07) is 17.2. The highest BCUT2D eigenvalue weighted by molar-refractivity contribution is 9.10. The number of aromatic hydroxyl groups is 1. The molecule has 0 atom stereocenters. The lowest BCUT2D eigenvalue weighted by molar-refractivity contribution is 0.475. The molecule has 0 aliphatic rings. The van der Waals surface area contributed by atoms with Gasteiger partial charge in [0, 0.05) is 10.0 Å². The first-order valence-corrected chi connectivity index (χ1v) is 8.85. The minimum absolute atomic E-state index is 0.00257. The summed E-state index contributed by atoms with van der Waals surface area (Å²) in [5.74, 6) is 1.57. The third-order valence-electron chi connectivity index (χ3n) is 3.93. The molecule has 0 spiro atoms. The van der Waals surface area contributed by atoms with Crippen molar-refractivity contribution in [3.63, 3.8) is 0 Å². The van der Waals surface area contributed by atoms with E-state index in [2.05, 4.69) is 41.7 Å². The summed E-state index contributed by atoms with van der Waals surface area (Å²) in [5, 5.41) is 10.0. The highest BCUT2D eigenvalue weighted by atomic mass is 79.9. The molecule has 3 nitrogen and oxygen atoms in total. The molecule has 128 valence electrons. The standard InChI is InChI=1S/C21H20BrNO2/c1-21(2,3)15-6-10-19(24)18(12-15)23-13-17-9-11-20(25-17)14-4-7-16(22)8-5-14/h4-13,24H,1-3H3. The van der Waals surface area contributed by atoms with Crippen LogP contribution in [0.5, 0.6) is 5.75 Å². The number of furan rings is 1. The van der Waals surface area contributed by atoms with Gasteiger partial charge in [-0.3, -0.25) is 0 Å². The van der Waals surface area contributed by atoms with Crippen molar-refractivity contribution in [1.29, 1.82) is 0 Å². The fourth-order valence-electron chi connectivity index (χ4n) is 2.42. The van der Waals surface area contributed by atoms with Gasteiger partial charge >= 0.3 is 0 Å². The molecule has 0 bridgehead atoms. The molecule has 0 fully saturated rings. The molecule has 0 amide bonds. The van der Waals surface area contributed by atoms with Crippen LogP contribution in [0, 0.1) is 0 Å². The summed E-state index contributed by atoms with van der Waals surface area (Å²) in [7, 11) is 0. The summed E-state index contributed by atoms with van der Waals surface area (Å²) in [6.07, 6.45) is 1.63. The number of nitrogens with zero attached hydrogens (tertiary/aromatic N) is 1. The molecule has 0 aliphatic heterocycles. The minimum Gasteiger partial charge on any atom is -0.506 e. The Bertz CT molecular complexity index is 902. The van der Waals surface area contributed by atoms with Crippen LogP contribution in [0.4, 0.5) is 5.69 Å². The van der Waals surface area contributed by atoms with Crippen LogP contribution in [0.2, 0.25) is 0 Å². The van der Waals surface area contributed by atoms with E-state index in [1.807, 2.05) is 48.5 Å². The van der Waals surface area contributed by atoms with Crippen molar-refractivity contribution in [3.8, 4) is 17.1 Å². The Labute approximate surface area is 156 Å². The van der Waals surface area contributed by atoms with E-state index < -0.39 is 0 Å². The maximum atomic E-state index is 10.0. The van der Waals surface area contributed by atoms with Crippen LogP contribution in [-0.2, 0) is 5.41 Å². The number of halogens is 1. The predicted octanol–water partition coefficient (Wildman–Crippen LogP) is 6.46. The van der Waals surface area contributed by atoms with Crippen molar-refractivity contribution in [3.05, 3.63) is 70.4 Å². The largest absolute Gasteiger partial charge is 0.506 e. The van der Waals surface area contributed by atoms with Crippen molar-refractivity contribution >= 4 is 27.8 Å². The first-order valence-electron chi connectivity index (χ1n) is 8.06. The fraction of sp³-hybridized carbons (Fsp3) is 0.190. The number of rotatable bonds is 3. The molecule has 1 N–H and O–H groups in total. The van der Waals surface area contributed by atoms with Crippen LogP contribution in [0.1, 0.15) is 32.1 Å². The SMILES string of the molecule is CC(C)(C)c1ccc(O)c(N=Cc2ccc(-c3ccc(Br)cc3)o2)c1. The summed E-state index contributed by atoms with van der Waals surface area (Å²) in [6.45, 7) is 6.39. The Kier molecular flexibility index (Phi) is 4.82. The molecule has 3 rings (SSSR count). The van der Waals surface area contributed by atoms with Gasteiger partial charge in [-0.15, -0.1) is 0 Å². The van der Waals surface area contributed by atoms with Gasteiger partial charge in [-0.25, -0.2) is 4.99 Å². The van der Waals surface area contributed by atoms with Gasteiger partial charge in [-0.1, -0.05) is 54.9 Å². The Morgan fingerprint density at radius 1 is 1.00 bits per heavy atom. The third kappa shape index (κ3) is 4.20. The predicted molar refractivity (Wildman–Crippen MR) is 106 cm³/mol. The Morgan fingerprint density at radius 2 is 1.72 bits per heavy atom. The number of benzene rings is 2. The van der Waals surface area contributed by atoms with Crippen molar-refractivity contribution in [1.82, 2.24) is 0 Å². The molecule has 0 aliphatic carbocycles. The first kappa shape index (κ1) is 17.5. The van der Waals surface area contributed by atoms with Crippen LogP contribution >= 0.6 is 15.9 Å². The highest BCUT2D eigenvalue weighted by Crippen LogP contribution is 2.32. The number of aliphatic imine (C=N–C) groups is 1. The number of phenolic OH excluding ortho intramolecular Hbond substituents is 1. The second kappa shape index (κ2) is 6.89. The Hall–Kier alpha value is -2.33. The van der Waals surface area contributed by atoms with Gasteiger partial charge in [0.2, 0.25) is 0 Å². The molecule has 2 aromatic carbocycles. The van der Waals surface area contributed by atoms with Gasteiger partial charge in [0.05, 0.1) is 6.21 Å². The van der Waals surface area contributed by atoms with Crippen molar-refractivity contribution in [2.75, 3.05) is 0 Å². The average Bonchev–Trinajstić information content (AvgIpc) is 3.02. The Balaban J connectivity index is 1.84. The zero-order valence-electron chi connectivity index (χ0n) is 14.5. The maximum absolute atomic E-state index is 10.0. The first-order chi connectivity index (χ1) is 11.8. The monoisotopic (exact) mass is 397 g/mol. The van der Waals surface area contributed by atoms with Crippen LogP contribution in [-0.4, -0.2) is 11.3 Å². The second-order valence-electron chi connectivity index (χ2n) is 6.92. The van der Waals surface area contributed by atoms with Gasteiger partial charge in [-0.05, 0) is 47.4 Å². The average molecular weight is 398 g/mol. The summed E-state index contributed by atoms with van der Waals surface area (Å²) < 4.78 is 6.85. The lowest BCUT2D eigenvalue weighted by Gasteiger charge is -2.19. The smallest absolute Gasteiger partial charge is 0.145 e. The van der Waals surface area contributed by atoms with E-state index in [0.717, 1.165) is 21.4 Å². The quantitative estimate of drug-likeness (QED) is 0.515. The van der Waals surface area contributed by atoms with E-state index in [-0.39, 0.29) is 11.2 Å². The molecule has 0 saturated heterocycles. The van der Waals surface area contributed by atoms with Crippen molar-refractivity contribution in [2.45, 2.75) is 26.2 Å². The lowest BCUT2D eigenvalue weighted by atomic mass is 9.87. The van der Waals surface area contributed by atoms with Crippen LogP contribution in [0.3, 0.4) is 0 Å². The van der Waals surface area contributed by atoms with E-state index in [4.69, 9.17) is 4.42 Å². The van der Waals surface area contributed by atoms with E-state index in [1.165, 1.54) is 0 Å². The zero-order chi connectivity index (χ0) is 18.0. The molecule has 0 radical (unpaired) electrons. The van der Waals surface area contributed by atoms with Gasteiger partial charge in [0.15, 0.2) is 0 Å². The van der Waals surface area contributed by atoms with Crippen LogP contribution in [0.25, 0.3) is 11.3 Å². The topological polar surface area (TPSA) is 45.7 Å². The van der Waals surface area contributed by atoms with Gasteiger partial charge < -0.3 is 9.52 Å². The third-order valence-corrected chi connectivity index (χ3v) is 4.46. The number of hydrogen-bond acceptors (Lipinski definition) is 3. The molecule has 0 saturated carbocycles. The summed E-state index contributed by atoms with van der Waals surface area (Å²) in [5.41, 5.74) is 2.65. The molecule has 25 heavy (non-hydrogen) atoms. The normalized spacial score (nSPS) is 12.0. The molecule has 1 aromatic heterocycles. The second-order valence-corrected chi connectivity index (χ2v) is 7.84. The van der Waals surface area contributed by atoms with E-state index >= 15 is 0 Å². The summed E-state index contributed by atoms with van der Waals surface area (Å²) in [4.78, 5) is 4.40. The molecule has 1 heterocycles. The van der Waals surface area contributed by atoms with E-state index in [1.54, 1.807) is 12.3 Å². The molecular formula is C21H20BrNO2. The number of phenols is 1. The molecule has 0 unspecified atom stereocenters. The van der Waals surface area contributed by atoms with Gasteiger partial charge in [0.25, 0.3) is 0 Å². The molecule has 3 aromatic rings. The lowest BCUT2D eigenvalue weighted by Crippen LogP contribution is -2.10. The molecule has 4 heteroatoms. The number of hydrogen-bond donors (Lipinski definition) is 1.